The highest BCUT2D eigenvalue weighted by Gasteiger charge is 2.18. The van der Waals surface area contributed by atoms with Crippen LogP contribution < -0.4 is 5.32 Å². The second-order valence-electron chi connectivity index (χ2n) is 3.97. The van der Waals surface area contributed by atoms with Crippen LogP contribution in [0.2, 0.25) is 0 Å². The minimum Gasteiger partial charge on any atom is -0.396 e. The summed E-state index contributed by atoms with van der Waals surface area (Å²) in [4.78, 5) is 17.9. The summed E-state index contributed by atoms with van der Waals surface area (Å²) in [7, 11) is 0. The van der Waals surface area contributed by atoms with E-state index in [0.717, 1.165) is 0 Å². The predicted molar refractivity (Wildman–Crippen MR) is 51.8 cm³/mol. The fraction of sp³-hybridized carbons (Fsp3) is 0.556. The van der Waals surface area contributed by atoms with Crippen LogP contribution in [0.3, 0.4) is 0 Å². The van der Waals surface area contributed by atoms with E-state index < -0.39 is 0 Å². The number of aliphatic hydroxyl groups is 1. The molecule has 0 atom stereocenters. The first kappa shape index (κ1) is 10.7. The Kier molecular flexibility index (Phi) is 3.24. The minimum absolute atomic E-state index is 0.0380. The lowest BCUT2D eigenvalue weighted by atomic mass is 9.95. The number of aliphatic hydroxyl groups excluding tert-OH is 1. The normalized spacial score (nSPS) is 11.4. The van der Waals surface area contributed by atoms with Crippen molar-refractivity contribution in [3.63, 3.8) is 0 Å². The molecular weight excluding hydrogens is 182 g/mol. The Morgan fingerprint density at radius 3 is 2.93 bits per heavy atom. The third-order valence-electron chi connectivity index (χ3n) is 1.90. The van der Waals surface area contributed by atoms with Crippen molar-refractivity contribution in [1.29, 1.82) is 0 Å². The fourth-order valence-electron chi connectivity index (χ4n) is 0.851. The summed E-state index contributed by atoms with van der Waals surface area (Å²) in [6, 6.07) is 0. The van der Waals surface area contributed by atoms with Crippen LogP contribution in [0, 0.1) is 5.41 Å². The third kappa shape index (κ3) is 2.85. The van der Waals surface area contributed by atoms with E-state index in [0.29, 0.717) is 12.2 Å². The molecule has 0 aromatic carbocycles. The molecular formula is C9H15N3O2. The van der Waals surface area contributed by atoms with E-state index in [1.807, 2.05) is 13.8 Å². The molecule has 1 rings (SSSR count). The highest BCUT2D eigenvalue weighted by molar-refractivity contribution is 5.91. The number of H-pyrrole nitrogens is 1. The molecule has 0 aliphatic rings. The molecule has 78 valence electrons. The van der Waals surface area contributed by atoms with E-state index in [4.69, 9.17) is 5.11 Å². The van der Waals surface area contributed by atoms with Crippen LogP contribution in [-0.2, 0) is 0 Å². The number of nitrogens with zero attached hydrogens (tertiary/aromatic N) is 1. The zero-order chi connectivity index (χ0) is 10.6. The highest BCUT2D eigenvalue weighted by Crippen LogP contribution is 2.11. The van der Waals surface area contributed by atoms with Gasteiger partial charge in [0, 0.05) is 18.6 Å². The van der Waals surface area contributed by atoms with Crippen molar-refractivity contribution in [1.82, 2.24) is 15.3 Å². The summed E-state index contributed by atoms with van der Waals surface area (Å²) < 4.78 is 0. The van der Waals surface area contributed by atoms with Crippen LogP contribution in [0.4, 0.5) is 0 Å². The Balaban J connectivity index is 2.43. The van der Waals surface area contributed by atoms with Gasteiger partial charge in [-0.3, -0.25) is 4.79 Å². The molecule has 5 nitrogen and oxygen atoms in total. The van der Waals surface area contributed by atoms with E-state index >= 15 is 0 Å². The number of nitrogens with one attached hydrogen (secondary N) is 2. The van der Waals surface area contributed by atoms with Crippen LogP contribution in [0.15, 0.2) is 12.5 Å². The van der Waals surface area contributed by atoms with Gasteiger partial charge in [0.05, 0.1) is 12.5 Å². The largest absolute Gasteiger partial charge is 0.396 e. The van der Waals surface area contributed by atoms with Crippen molar-refractivity contribution < 1.29 is 9.90 Å². The summed E-state index contributed by atoms with van der Waals surface area (Å²) in [6.07, 6.45) is 2.91. The van der Waals surface area contributed by atoms with Gasteiger partial charge in [0.1, 0.15) is 5.69 Å². The van der Waals surface area contributed by atoms with Crippen molar-refractivity contribution in [3.8, 4) is 0 Å². The Labute approximate surface area is 82.6 Å². The predicted octanol–water partition coefficient (Wildman–Crippen LogP) is 0.158. The Morgan fingerprint density at radius 1 is 1.71 bits per heavy atom. The van der Waals surface area contributed by atoms with Gasteiger partial charge in [-0.1, -0.05) is 13.8 Å². The molecule has 0 saturated heterocycles. The molecule has 1 heterocycles. The molecule has 0 aliphatic heterocycles. The number of carbonyl (C=O) groups is 1. The molecule has 0 unspecified atom stereocenters. The number of imidazole rings is 1. The second kappa shape index (κ2) is 4.23. The number of amides is 1. The molecule has 0 fully saturated rings. The van der Waals surface area contributed by atoms with Crippen molar-refractivity contribution in [3.05, 3.63) is 18.2 Å². The van der Waals surface area contributed by atoms with E-state index in [-0.39, 0.29) is 17.9 Å². The number of carbonyl (C=O) groups excluding carboxylic acids is 1. The van der Waals surface area contributed by atoms with E-state index in [2.05, 4.69) is 15.3 Å². The van der Waals surface area contributed by atoms with Crippen LogP contribution in [-0.4, -0.2) is 34.1 Å². The van der Waals surface area contributed by atoms with Gasteiger partial charge >= 0.3 is 0 Å². The number of rotatable bonds is 4. The second-order valence-corrected chi connectivity index (χ2v) is 3.97. The van der Waals surface area contributed by atoms with Crippen molar-refractivity contribution in [2.75, 3.05) is 13.2 Å². The number of aromatic nitrogens is 2. The molecule has 0 bridgehead atoms. The summed E-state index contributed by atoms with van der Waals surface area (Å²) in [6.45, 7) is 4.22. The van der Waals surface area contributed by atoms with Gasteiger partial charge in [-0.25, -0.2) is 4.98 Å². The topological polar surface area (TPSA) is 78.0 Å². The van der Waals surface area contributed by atoms with Crippen molar-refractivity contribution >= 4 is 5.91 Å². The van der Waals surface area contributed by atoms with E-state index in [1.165, 1.54) is 12.5 Å². The summed E-state index contributed by atoms with van der Waals surface area (Å²) in [5.74, 6) is -0.205. The van der Waals surface area contributed by atoms with Crippen LogP contribution in [0.25, 0.3) is 0 Å². The highest BCUT2D eigenvalue weighted by atomic mass is 16.3. The van der Waals surface area contributed by atoms with Gasteiger partial charge in [0.25, 0.3) is 5.91 Å². The summed E-state index contributed by atoms with van der Waals surface area (Å²) in [5.41, 5.74) is 0.133. The number of hydrogen-bond acceptors (Lipinski definition) is 3. The van der Waals surface area contributed by atoms with Gasteiger partial charge < -0.3 is 15.4 Å². The lowest BCUT2D eigenvalue weighted by Gasteiger charge is -2.21. The SMILES string of the molecule is CC(C)(CO)CNC(=O)c1cnc[nH]1. The number of aromatic amines is 1. The fourth-order valence-corrected chi connectivity index (χ4v) is 0.851. The first-order valence-electron chi connectivity index (χ1n) is 4.42. The molecule has 1 amide bonds. The molecule has 3 N–H and O–H groups in total. The lowest BCUT2D eigenvalue weighted by Crippen LogP contribution is -2.36. The summed E-state index contributed by atoms with van der Waals surface area (Å²) in [5, 5.41) is 11.7. The molecule has 0 aliphatic carbocycles. The average molecular weight is 197 g/mol. The van der Waals surface area contributed by atoms with Crippen LogP contribution >= 0.6 is 0 Å². The van der Waals surface area contributed by atoms with Gasteiger partial charge in [0.2, 0.25) is 0 Å². The van der Waals surface area contributed by atoms with Crippen molar-refractivity contribution in [2.45, 2.75) is 13.8 Å². The minimum atomic E-state index is -0.296. The smallest absolute Gasteiger partial charge is 0.269 e. The standard InChI is InChI=1S/C9H15N3O2/c1-9(2,5-13)4-11-8(14)7-3-10-6-12-7/h3,6,13H,4-5H2,1-2H3,(H,10,12)(H,11,14). The quantitative estimate of drug-likeness (QED) is 0.643. The van der Waals surface area contributed by atoms with Gasteiger partial charge in [-0.05, 0) is 0 Å². The zero-order valence-corrected chi connectivity index (χ0v) is 8.37. The van der Waals surface area contributed by atoms with Crippen molar-refractivity contribution in [2.24, 2.45) is 5.41 Å². The van der Waals surface area contributed by atoms with Gasteiger partial charge in [-0.15, -0.1) is 0 Å². The molecule has 0 radical (unpaired) electrons. The van der Waals surface area contributed by atoms with Crippen LogP contribution in [0.5, 0.6) is 0 Å². The maximum absolute atomic E-state index is 11.4. The molecule has 0 saturated carbocycles. The third-order valence-corrected chi connectivity index (χ3v) is 1.90. The Bertz CT molecular complexity index is 293. The first-order valence-corrected chi connectivity index (χ1v) is 4.42. The molecule has 14 heavy (non-hydrogen) atoms. The summed E-state index contributed by atoms with van der Waals surface area (Å²) >= 11 is 0. The van der Waals surface area contributed by atoms with Gasteiger partial charge in [-0.2, -0.15) is 0 Å². The molecule has 1 aromatic heterocycles. The molecule has 0 spiro atoms. The monoisotopic (exact) mass is 197 g/mol. The Hall–Kier alpha value is -1.36. The maximum Gasteiger partial charge on any atom is 0.269 e. The maximum atomic E-state index is 11.4. The van der Waals surface area contributed by atoms with Crippen LogP contribution in [0.1, 0.15) is 24.3 Å². The zero-order valence-electron chi connectivity index (χ0n) is 8.37. The molecule has 1 aromatic rings. The number of hydrogen-bond donors (Lipinski definition) is 3. The van der Waals surface area contributed by atoms with Gasteiger partial charge in [0.15, 0.2) is 0 Å². The Morgan fingerprint density at radius 2 is 2.43 bits per heavy atom. The lowest BCUT2D eigenvalue weighted by molar-refractivity contribution is 0.0906. The van der Waals surface area contributed by atoms with E-state index in [9.17, 15) is 4.79 Å². The van der Waals surface area contributed by atoms with E-state index in [1.54, 1.807) is 0 Å². The molecule has 5 heteroatoms. The first-order chi connectivity index (χ1) is 6.55. The average Bonchev–Trinajstić information content (AvgIpc) is 2.67.